The van der Waals surface area contributed by atoms with E-state index in [1.807, 2.05) is 6.07 Å². The molecule has 0 aliphatic carbocycles. The van der Waals surface area contributed by atoms with Gasteiger partial charge in [0.1, 0.15) is 5.75 Å². The van der Waals surface area contributed by atoms with Gasteiger partial charge in [0.15, 0.2) is 0 Å². The number of hydrogen-bond acceptors (Lipinski definition) is 5. The van der Waals surface area contributed by atoms with Gasteiger partial charge >= 0.3 is 0 Å². The highest BCUT2D eigenvalue weighted by molar-refractivity contribution is 5.93. The monoisotopic (exact) mass is 328 g/mol. The number of nitrogens with one attached hydrogen (secondary N) is 2. The first-order valence-corrected chi connectivity index (χ1v) is 7.77. The molecule has 128 valence electrons. The third kappa shape index (κ3) is 5.39. The minimum Gasteiger partial charge on any atom is -0.507 e. The van der Waals surface area contributed by atoms with Crippen molar-refractivity contribution in [3.63, 3.8) is 0 Å². The molecule has 2 aromatic rings. The molecule has 1 aromatic carbocycles. The summed E-state index contributed by atoms with van der Waals surface area (Å²) < 4.78 is 0. The largest absolute Gasteiger partial charge is 0.507 e. The fourth-order valence-electron chi connectivity index (χ4n) is 2.09. The average molecular weight is 328 g/mol. The second-order valence-corrected chi connectivity index (χ2v) is 4.87. The molecule has 0 unspecified atom stereocenters. The molecule has 3 N–H and O–H groups in total. The molecule has 0 spiro atoms. The van der Waals surface area contributed by atoms with Crippen molar-refractivity contribution in [2.75, 3.05) is 25.0 Å². The van der Waals surface area contributed by atoms with Crippen molar-refractivity contribution in [1.82, 2.24) is 10.3 Å². The van der Waals surface area contributed by atoms with Crippen molar-refractivity contribution < 1.29 is 9.90 Å². The van der Waals surface area contributed by atoms with Gasteiger partial charge in [-0.15, -0.1) is 0 Å². The van der Waals surface area contributed by atoms with Crippen LogP contribution in [0.4, 0.5) is 5.69 Å². The number of phenols is 1. The first-order chi connectivity index (χ1) is 11.6. The fourth-order valence-corrected chi connectivity index (χ4v) is 2.09. The standard InChI is InChI=1S/C11H16N2O.C7H8N2O/c1-3-13(4-2)10-6-5-9(8-12)11(14)7-10;1-8-7(10)6-2-4-9-5-3-6/h5-8,12,14H,3-4H2,1-2H3;2-5H,1H3,(H,8,10). The zero-order chi connectivity index (χ0) is 17.9. The van der Waals surface area contributed by atoms with E-state index in [0.29, 0.717) is 11.1 Å². The van der Waals surface area contributed by atoms with Gasteiger partial charge in [-0.25, -0.2) is 0 Å². The number of rotatable bonds is 5. The van der Waals surface area contributed by atoms with Crippen LogP contribution in [0.3, 0.4) is 0 Å². The van der Waals surface area contributed by atoms with Gasteiger partial charge in [0.25, 0.3) is 5.91 Å². The van der Waals surface area contributed by atoms with Crippen molar-refractivity contribution in [2.24, 2.45) is 0 Å². The van der Waals surface area contributed by atoms with Crippen molar-refractivity contribution in [3.05, 3.63) is 53.9 Å². The predicted octanol–water partition coefficient (Wildman–Crippen LogP) is 2.68. The summed E-state index contributed by atoms with van der Waals surface area (Å²) in [4.78, 5) is 16.8. The van der Waals surface area contributed by atoms with Gasteiger partial charge < -0.3 is 20.7 Å². The van der Waals surface area contributed by atoms with Crippen LogP contribution < -0.4 is 10.2 Å². The number of amides is 1. The third-order valence-electron chi connectivity index (χ3n) is 3.47. The second kappa shape index (κ2) is 9.99. The molecule has 24 heavy (non-hydrogen) atoms. The second-order valence-electron chi connectivity index (χ2n) is 4.87. The Morgan fingerprint density at radius 3 is 2.33 bits per heavy atom. The fraction of sp³-hybridized carbons (Fsp3) is 0.278. The summed E-state index contributed by atoms with van der Waals surface area (Å²) >= 11 is 0. The maximum Gasteiger partial charge on any atom is 0.251 e. The molecule has 1 aromatic heterocycles. The highest BCUT2D eigenvalue weighted by atomic mass is 16.3. The number of carbonyl (C=O) groups is 1. The van der Waals surface area contributed by atoms with Gasteiger partial charge in [0.2, 0.25) is 0 Å². The van der Waals surface area contributed by atoms with Crippen molar-refractivity contribution in [2.45, 2.75) is 13.8 Å². The van der Waals surface area contributed by atoms with Crippen LogP contribution in [-0.2, 0) is 0 Å². The Hall–Kier alpha value is -2.89. The van der Waals surface area contributed by atoms with Crippen LogP contribution >= 0.6 is 0 Å². The molecule has 2 rings (SSSR count). The maximum atomic E-state index is 10.9. The topological polar surface area (TPSA) is 89.3 Å². The van der Waals surface area contributed by atoms with E-state index in [1.54, 1.807) is 43.7 Å². The Labute approximate surface area is 142 Å². The molecule has 6 nitrogen and oxygen atoms in total. The number of carbonyl (C=O) groups excluding carboxylic acids is 1. The first-order valence-electron chi connectivity index (χ1n) is 7.77. The van der Waals surface area contributed by atoms with Gasteiger partial charge in [-0.05, 0) is 38.1 Å². The van der Waals surface area contributed by atoms with Gasteiger partial charge in [-0.1, -0.05) is 0 Å². The molecule has 0 saturated heterocycles. The highest BCUT2D eigenvalue weighted by Gasteiger charge is 2.04. The Bertz CT molecular complexity index is 655. The summed E-state index contributed by atoms with van der Waals surface area (Å²) in [6.07, 6.45) is 4.33. The third-order valence-corrected chi connectivity index (χ3v) is 3.47. The van der Waals surface area contributed by atoms with Gasteiger partial charge in [0, 0.05) is 61.6 Å². The number of benzene rings is 1. The Morgan fingerprint density at radius 1 is 1.25 bits per heavy atom. The van der Waals surface area contributed by atoms with E-state index in [2.05, 4.69) is 29.0 Å². The van der Waals surface area contributed by atoms with E-state index in [0.717, 1.165) is 25.0 Å². The molecule has 6 heteroatoms. The number of hydrogen-bond donors (Lipinski definition) is 3. The van der Waals surface area contributed by atoms with Crippen molar-refractivity contribution in [1.29, 1.82) is 5.41 Å². The minimum absolute atomic E-state index is 0.0811. The number of pyridine rings is 1. The molecule has 0 bridgehead atoms. The summed E-state index contributed by atoms with van der Waals surface area (Å²) in [5, 5.41) is 19.1. The van der Waals surface area contributed by atoms with Crippen LogP contribution in [0, 0.1) is 5.41 Å². The molecule has 1 heterocycles. The average Bonchev–Trinajstić information content (AvgIpc) is 2.63. The zero-order valence-corrected chi connectivity index (χ0v) is 14.3. The summed E-state index contributed by atoms with van der Waals surface area (Å²) in [5.74, 6) is 0.0896. The first kappa shape index (κ1) is 19.2. The quantitative estimate of drug-likeness (QED) is 0.736. The SMILES string of the molecule is CCN(CC)c1ccc(C=N)c(O)c1.CNC(=O)c1ccncc1. The van der Waals surface area contributed by atoms with E-state index in [4.69, 9.17) is 5.41 Å². The normalized spacial score (nSPS) is 9.46. The minimum atomic E-state index is -0.0811. The zero-order valence-electron chi connectivity index (χ0n) is 14.3. The number of aromatic hydroxyl groups is 1. The summed E-state index contributed by atoms with van der Waals surface area (Å²) in [7, 11) is 1.60. The Kier molecular flexibility index (Phi) is 7.98. The van der Waals surface area contributed by atoms with Crippen LogP contribution in [0.1, 0.15) is 29.8 Å². The van der Waals surface area contributed by atoms with E-state index in [1.165, 1.54) is 0 Å². The smallest absolute Gasteiger partial charge is 0.251 e. The lowest BCUT2D eigenvalue weighted by Crippen LogP contribution is -2.21. The lowest BCUT2D eigenvalue weighted by atomic mass is 10.2. The number of nitrogens with zero attached hydrogens (tertiary/aromatic N) is 2. The Morgan fingerprint density at radius 2 is 1.88 bits per heavy atom. The summed E-state index contributed by atoms with van der Waals surface area (Å²) in [6.45, 7) is 5.98. The van der Waals surface area contributed by atoms with Crippen molar-refractivity contribution >= 4 is 17.8 Å². The van der Waals surface area contributed by atoms with E-state index in [9.17, 15) is 9.90 Å². The highest BCUT2D eigenvalue weighted by Crippen LogP contribution is 2.23. The van der Waals surface area contributed by atoms with Crippen LogP contribution in [-0.4, -0.2) is 42.3 Å². The summed E-state index contributed by atoms with van der Waals surface area (Å²) in [5.41, 5.74) is 2.19. The summed E-state index contributed by atoms with van der Waals surface area (Å²) in [6, 6.07) is 8.72. The van der Waals surface area contributed by atoms with Gasteiger partial charge in [-0.2, -0.15) is 0 Å². The molecule has 0 aliphatic heterocycles. The van der Waals surface area contributed by atoms with Gasteiger partial charge in [-0.3, -0.25) is 9.78 Å². The van der Waals surface area contributed by atoms with E-state index in [-0.39, 0.29) is 11.7 Å². The van der Waals surface area contributed by atoms with Gasteiger partial charge in [0.05, 0.1) is 0 Å². The molecule has 0 atom stereocenters. The van der Waals surface area contributed by atoms with E-state index < -0.39 is 0 Å². The predicted molar refractivity (Wildman–Crippen MR) is 97.2 cm³/mol. The van der Waals surface area contributed by atoms with Crippen LogP contribution in [0.25, 0.3) is 0 Å². The molecule has 0 aliphatic rings. The number of anilines is 1. The van der Waals surface area contributed by atoms with Crippen LogP contribution in [0.2, 0.25) is 0 Å². The number of aromatic nitrogens is 1. The lowest BCUT2D eigenvalue weighted by molar-refractivity contribution is 0.0963. The molecular formula is C18H24N4O2. The molecular weight excluding hydrogens is 304 g/mol. The van der Waals surface area contributed by atoms with Crippen LogP contribution in [0.5, 0.6) is 5.75 Å². The van der Waals surface area contributed by atoms with E-state index >= 15 is 0 Å². The molecule has 0 radical (unpaired) electrons. The molecule has 0 saturated carbocycles. The van der Waals surface area contributed by atoms with Crippen molar-refractivity contribution in [3.8, 4) is 5.75 Å². The Balaban J connectivity index is 0.000000254. The molecule has 1 amide bonds. The maximum absolute atomic E-state index is 10.9. The van der Waals surface area contributed by atoms with Crippen LogP contribution in [0.15, 0.2) is 42.7 Å². The lowest BCUT2D eigenvalue weighted by Gasteiger charge is -2.21. The number of phenolic OH excluding ortho intramolecular Hbond substituents is 1. The molecule has 0 fully saturated rings.